The molecule has 1 heterocycles. The van der Waals surface area contributed by atoms with Crippen molar-refractivity contribution >= 4 is 21.4 Å². The lowest BCUT2D eigenvalue weighted by atomic mass is 9.78. The molecule has 0 radical (unpaired) electrons. The second kappa shape index (κ2) is 16.4. The summed E-state index contributed by atoms with van der Waals surface area (Å²) in [7, 11) is -4.41. The lowest BCUT2D eigenvalue weighted by Gasteiger charge is -2.25. The molecule has 3 rings (SSSR count). The molecule has 0 fully saturated rings. The van der Waals surface area contributed by atoms with E-state index in [1.54, 1.807) is 45.0 Å². The van der Waals surface area contributed by atoms with E-state index in [-0.39, 0.29) is 23.0 Å². The third kappa shape index (κ3) is 9.34. The quantitative estimate of drug-likeness (QED) is 0.0869. The highest BCUT2D eigenvalue weighted by Crippen LogP contribution is 2.41. The van der Waals surface area contributed by atoms with Gasteiger partial charge in [-0.25, -0.2) is 31.3 Å². The standard InChI is InChI=1S/C39H48F4N2O3S/c1-10-18-39(42,43)28(9)45-49(47,48)30-16-17-31(27(8)24(5)20-30)33(21-29(12-3)35-14-13-15-36(41)44-35)37(38(46)23(4)11-2)32-22-34(40)26(7)19-25(32)6/h10,13-17,19-20,22-24,28-29,45H,1,11-12,18,21H2,2-9H3. The van der Waals surface area contributed by atoms with Crippen molar-refractivity contribution in [1.29, 1.82) is 0 Å². The average Bonchev–Trinajstić information content (AvgIpc) is 3.18. The number of carbonyl (C=O) groups is 1. The fourth-order valence-electron chi connectivity index (χ4n) is 5.92. The lowest BCUT2D eigenvalue weighted by Crippen LogP contribution is -2.45. The van der Waals surface area contributed by atoms with Gasteiger partial charge in [0, 0.05) is 29.5 Å². The number of rotatable bonds is 15. The van der Waals surface area contributed by atoms with E-state index in [4.69, 9.17) is 0 Å². The minimum Gasteiger partial charge on any atom is -0.294 e. The van der Waals surface area contributed by atoms with E-state index in [9.17, 15) is 26.4 Å². The number of hydrogen-bond donors (Lipinski definition) is 1. The van der Waals surface area contributed by atoms with Crippen LogP contribution in [0, 0.1) is 37.4 Å². The number of nitrogens with one attached hydrogen (secondary N) is 1. The predicted octanol–water partition coefficient (Wildman–Crippen LogP) is 9.85. The van der Waals surface area contributed by atoms with Gasteiger partial charge in [0.15, 0.2) is 5.78 Å². The molecule has 0 aliphatic heterocycles. The molecule has 2 aromatic rings. The summed E-state index contributed by atoms with van der Waals surface area (Å²) in [6.07, 6.45) is 5.99. The van der Waals surface area contributed by atoms with Gasteiger partial charge >= 0.3 is 0 Å². The molecule has 0 bridgehead atoms. The van der Waals surface area contributed by atoms with Crippen LogP contribution in [0.1, 0.15) is 95.5 Å². The molecule has 49 heavy (non-hydrogen) atoms. The summed E-state index contributed by atoms with van der Waals surface area (Å²) >= 11 is 0. The zero-order valence-electron chi connectivity index (χ0n) is 29.6. The van der Waals surface area contributed by atoms with Crippen LogP contribution in [-0.4, -0.2) is 31.1 Å². The second-order valence-electron chi connectivity index (χ2n) is 13.0. The van der Waals surface area contributed by atoms with Crippen molar-refractivity contribution in [3.8, 4) is 0 Å². The predicted molar refractivity (Wildman–Crippen MR) is 189 cm³/mol. The van der Waals surface area contributed by atoms with Gasteiger partial charge in [-0.3, -0.25) is 4.79 Å². The summed E-state index contributed by atoms with van der Waals surface area (Å²) in [5, 5.41) is 0. The molecule has 1 aromatic heterocycles. The lowest BCUT2D eigenvalue weighted by molar-refractivity contribution is -0.116. The van der Waals surface area contributed by atoms with E-state index in [1.165, 1.54) is 24.3 Å². The average molecular weight is 701 g/mol. The van der Waals surface area contributed by atoms with Gasteiger partial charge < -0.3 is 0 Å². The Morgan fingerprint density at radius 2 is 1.73 bits per heavy atom. The van der Waals surface area contributed by atoms with Crippen LogP contribution in [0.15, 0.2) is 82.8 Å². The monoisotopic (exact) mass is 700 g/mol. The third-order valence-electron chi connectivity index (χ3n) is 9.44. The van der Waals surface area contributed by atoms with E-state index in [0.717, 1.165) is 13.0 Å². The summed E-state index contributed by atoms with van der Waals surface area (Å²) < 4.78 is 88.0. The SMILES string of the molecule is C=CCC(F)(F)C(C)NS(=O)(=O)C1=CC(C)C(C)=C(C(CC(CC)c2cccc(F)n2)=C(C(=O)C(C)CC)c2cc(F)c(C)cc2C)C=C1. The van der Waals surface area contributed by atoms with Crippen molar-refractivity contribution < 1.29 is 30.8 Å². The van der Waals surface area contributed by atoms with Crippen LogP contribution in [-0.2, 0) is 14.8 Å². The van der Waals surface area contributed by atoms with E-state index >= 15 is 4.39 Å². The minimum atomic E-state index is -4.41. The van der Waals surface area contributed by atoms with Gasteiger partial charge in [-0.2, -0.15) is 4.39 Å². The van der Waals surface area contributed by atoms with E-state index < -0.39 is 52.0 Å². The number of benzene rings is 1. The van der Waals surface area contributed by atoms with Gasteiger partial charge in [0.25, 0.3) is 5.92 Å². The number of aryl methyl sites for hydroxylation is 2. The number of halogens is 4. The Morgan fingerprint density at radius 1 is 1.06 bits per heavy atom. The molecule has 1 aliphatic rings. The maximum absolute atomic E-state index is 15.3. The molecule has 1 aliphatic carbocycles. The first-order valence-corrected chi connectivity index (χ1v) is 18.2. The molecule has 1 aromatic carbocycles. The second-order valence-corrected chi connectivity index (χ2v) is 14.7. The summed E-state index contributed by atoms with van der Waals surface area (Å²) in [4.78, 5) is 18.4. The molecular formula is C39H48F4N2O3S. The van der Waals surface area contributed by atoms with Crippen molar-refractivity contribution in [3.05, 3.63) is 117 Å². The number of allylic oxidation sites excluding steroid dienone is 8. The van der Waals surface area contributed by atoms with Gasteiger partial charge in [0.1, 0.15) is 5.82 Å². The van der Waals surface area contributed by atoms with Crippen LogP contribution in [0.5, 0.6) is 0 Å². The summed E-state index contributed by atoms with van der Waals surface area (Å²) in [6, 6.07) is 5.88. The van der Waals surface area contributed by atoms with Crippen molar-refractivity contribution in [3.63, 3.8) is 0 Å². The van der Waals surface area contributed by atoms with Crippen molar-refractivity contribution in [2.24, 2.45) is 11.8 Å². The number of hydrogen-bond acceptors (Lipinski definition) is 4. The normalized spacial score (nSPS) is 18.0. The molecule has 5 nitrogen and oxygen atoms in total. The van der Waals surface area contributed by atoms with Crippen LogP contribution < -0.4 is 4.72 Å². The first kappa shape index (κ1) is 39.8. The fraction of sp³-hybridized carbons (Fsp3) is 0.436. The molecule has 1 N–H and O–H groups in total. The zero-order chi connectivity index (χ0) is 36.8. The number of alkyl halides is 2. The van der Waals surface area contributed by atoms with E-state index in [2.05, 4.69) is 16.3 Å². The molecule has 0 amide bonds. The van der Waals surface area contributed by atoms with Gasteiger partial charge in [-0.15, -0.1) is 6.58 Å². The molecule has 0 saturated carbocycles. The van der Waals surface area contributed by atoms with Gasteiger partial charge in [-0.05, 0) is 105 Å². The van der Waals surface area contributed by atoms with Crippen molar-refractivity contribution in [2.75, 3.05) is 0 Å². The molecule has 266 valence electrons. The Kier molecular flexibility index (Phi) is 13.3. The molecule has 4 atom stereocenters. The van der Waals surface area contributed by atoms with Crippen LogP contribution >= 0.6 is 0 Å². The topological polar surface area (TPSA) is 76.1 Å². The number of Topliss-reactive ketones (excluding diaryl/α,β-unsaturated/α-hetero) is 1. The Bertz CT molecular complexity index is 1810. The summed E-state index contributed by atoms with van der Waals surface area (Å²) in [5.41, 5.74) is 4.11. The zero-order valence-corrected chi connectivity index (χ0v) is 30.4. The molecule has 0 spiro atoms. The Hall–Kier alpha value is -3.63. The first-order valence-electron chi connectivity index (χ1n) is 16.7. The first-order chi connectivity index (χ1) is 22.9. The maximum Gasteiger partial charge on any atom is 0.267 e. The highest BCUT2D eigenvalue weighted by atomic mass is 32.2. The fourth-order valence-corrected chi connectivity index (χ4v) is 7.32. The van der Waals surface area contributed by atoms with Crippen molar-refractivity contribution in [2.45, 2.75) is 99.0 Å². The van der Waals surface area contributed by atoms with Gasteiger partial charge in [0.2, 0.25) is 16.0 Å². The Morgan fingerprint density at radius 3 is 2.33 bits per heavy atom. The number of sulfonamides is 1. The summed E-state index contributed by atoms with van der Waals surface area (Å²) in [5.74, 6) is -6.02. The number of aromatic nitrogens is 1. The number of ketones is 1. The largest absolute Gasteiger partial charge is 0.294 e. The molecular weight excluding hydrogens is 652 g/mol. The van der Waals surface area contributed by atoms with Crippen molar-refractivity contribution in [1.82, 2.24) is 9.71 Å². The molecule has 0 saturated heterocycles. The van der Waals surface area contributed by atoms with E-state index in [0.29, 0.717) is 57.5 Å². The molecule has 10 heteroatoms. The number of pyridine rings is 1. The van der Waals surface area contributed by atoms with Crippen LogP contribution in [0.4, 0.5) is 17.6 Å². The highest BCUT2D eigenvalue weighted by molar-refractivity contribution is 7.93. The third-order valence-corrected chi connectivity index (χ3v) is 11.0. The molecule has 4 unspecified atom stereocenters. The van der Waals surface area contributed by atoms with Crippen LogP contribution in [0.3, 0.4) is 0 Å². The summed E-state index contributed by atoms with van der Waals surface area (Å²) in [6.45, 7) is 17.1. The number of nitrogens with zero attached hydrogens (tertiary/aromatic N) is 1. The smallest absolute Gasteiger partial charge is 0.267 e. The minimum absolute atomic E-state index is 0.203. The Balaban J connectivity index is 2.36. The van der Waals surface area contributed by atoms with Gasteiger partial charge in [-0.1, -0.05) is 63.6 Å². The Labute approximate surface area is 289 Å². The number of carbonyl (C=O) groups excluding carboxylic acids is 1. The highest BCUT2D eigenvalue weighted by Gasteiger charge is 2.38. The van der Waals surface area contributed by atoms with Crippen LogP contribution in [0.25, 0.3) is 5.57 Å². The van der Waals surface area contributed by atoms with E-state index in [1.807, 2.05) is 27.7 Å². The van der Waals surface area contributed by atoms with Crippen LogP contribution in [0.2, 0.25) is 0 Å². The van der Waals surface area contributed by atoms with Gasteiger partial charge in [0.05, 0.1) is 10.9 Å². The maximum atomic E-state index is 15.3.